The van der Waals surface area contributed by atoms with Gasteiger partial charge in [0, 0.05) is 7.11 Å². The van der Waals surface area contributed by atoms with Crippen LogP contribution in [0.3, 0.4) is 0 Å². The van der Waals surface area contributed by atoms with Crippen LogP contribution in [0.4, 0.5) is 0 Å². The van der Waals surface area contributed by atoms with Crippen molar-refractivity contribution in [2.45, 2.75) is 32.7 Å². The monoisotopic (exact) mass is 214 g/mol. The van der Waals surface area contributed by atoms with Gasteiger partial charge in [0.15, 0.2) is 0 Å². The van der Waals surface area contributed by atoms with Crippen LogP contribution in [0.5, 0.6) is 0 Å². The van der Waals surface area contributed by atoms with E-state index in [2.05, 4.69) is 11.4 Å². The van der Waals surface area contributed by atoms with E-state index in [-0.39, 0.29) is 18.1 Å². The van der Waals surface area contributed by atoms with Crippen molar-refractivity contribution in [2.75, 3.05) is 26.9 Å². The molecule has 15 heavy (non-hydrogen) atoms. The number of nitriles is 1. The maximum Gasteiger partial charge on any atom is 0.0683 e. The summed E-state index contributed by atoms with van der Waals surface area (Å²) < 4.78 is 4.94. The van der Waals surface area contributed by atoms with Gasteiger partial charge < -0.3 is 15.2 Å². The van der Waals surface area contributed by atoms with Crippen molar-refractivity contribution in [3.8, 4) is 6.07 Å². The topological polar surface area (TPSA) is 65.3 Å². The molecule has 0 aromatic carbocycles. The molecule has 88 valence electrons. The van der Waals surface area contributed by atoms with Gasteiger partial charge in [0.1, 0.15) is 0 Å². The zero-order valence-electron chi connectivity index (χ0n) is 9.92. The van der Waals surface area contributed by atoms with Crippen molar-refractivity contribution >= 4 is 0 Å². The van der Waals surface area contributed by atoms with Crippen LogP contribution in [-0.4, -0.2) is 38.0 Å². The summed E-state index contributed by atoms with van der Waals surface area (Å²) in [5, 5.41) is 21.0. The molecule has 0 aliphatic rings. The summed E-state index contributed by atoms with van der Waals surface area (Å²) in [6, 6.07) is 2.27. The molecule has 4 nitrogen and oxygen atoms in total. The first-order chi connectivity index (χ1) is 7.05. The third kappa shape index (κ3) is 7.32. The third-order valence-corrected chi connectivity index (χ3v) is 2.30. The second-order valence-electron chi connectivity index (χ2n) is 4.39. The molecule has 0 aromatic rings. The lowest BCUT2D eigenvalue weighted by molar-refractivity contribution is 0.128. The fourth-order valence-electron chi connectivity index (χ4n) is 1.27. The van der Waals surface area contributed by atoms with Crippen molar-refractivity contribution in [2.24, 2.45) is 5.41 Å². The molecule has 0 spiro atoms. The second kappa shape index (κ2) is 7.63. The van der Waals surface area contributed by atoms with Crippen molar-refractivity contribution in [3.63, 3.8) is 0 Å². The van der Waals surface area contributed by atoms with Gasteiger partial charge in [-0.3, -0.25) is 0 Å². The van der Waals surface area contributed by atoms with Gasteiger partial charge in [-0.2, -0.15) is 5.26 Å². The molecule has 1 unspecified atom stereocenters. The SMILES string of the molecule is COCC(CO)NCCCC(C)(C)C#N. The van der Waals surface area contributed by atoms with Crippen molar-refractivity contribution in [1.29, 1.82) is 5.26 Å². The summed E-state index contributed by atoms with van der Waals surface area (Å²) >= 11 is 0. The molecular weight excluding hydrogens is 192 g/mol. The fourth-order valence-corrected chi connectivity index (χ4v) is 1.27. The quantitative estimate of drug-likeness (QED) is 0.589. The van der Waals surface area contributed by atoms with Gasteiger partial charge in [-0.15, -0.1) is 0 Å². The Balaban J connectivity index is 3.57. The van der Waals surface area contributed by atoms with E-state index in [1.165, 1.54) is 0 Å². The van der Waals surface area contributed by atoms with Gasteiger partial charge in [-0.1, -0.05) is 0 Å². The lowest BCUT2D eigenvalue weighted by Gasteiger charge is -2.18. The second-order valence-corrected chi connectivity index (χ2v) is 4.39. The number of hydrogen-bond donors (Lipinski definition) is 2. The number of ether oxygens (including phenoxy) is 1. The molecule has 0 saturated heterocycles. The van der Waals surface area contributed by atoms with Crippen LogP contribution in [0.2, 0.25) is 0 Å². The van der Waals surface area contributed by atoms with E-state index in [0.717, 1.165) is 19.4 Å². The van der Waals surface area contributed by atoms with Crippen LogP contribution in [-0.2, 0) is 4.74 Å². The van der Waals surface area contributed by atoms with Crippen molar-refractivity contribution < 1.29 is 9.84 Å². The van der Waals surface area contributed by atoms with Crippen LogP contribution in [0.1, 0.15) is 26.7 Å². The molecule has 0 bridgehead atoms. The Kier molecular flexibility index (Phi) is 7.31. The van der Waals surface area contributed by atoms with E-state index >= 15 is 0 Å². The van der Waals surface area contributed by atoms with Crippen molar-refractivity contribution in [3.05, 3.63) is 0 Å². The number of nitrogens with one attached hydrogen (secondary N) is 1. The smallest absolute Gasteiger partial charge is 0.0683 e. The van der Waals surface area contributed by atoms with Crippen molar-refractivity contribution in [1.82, 2.24) is 5.32 Å². The summed E-state index contributed by atoms with van der Waals surface area (Å²) in [5.41, 5.74) is -0.252. The molecule has 0 aliphatic heterocycles. The van der Waals surface area contributed by atoms with Crippen LogP contribution >= 0.6 is 0 Å². The highest BCUT2D eigenvalue weighted by atomic mass is 16.5. The molecule has 0 rings (SSSR count). The molecule has 0 fully saturated rings. The molecule has 0 aromatic heterocycles. The minimum absolute atomic E-state index is 0.000183. The molecule has 2 N–H and O–H groups in total. The highest BCUT2D eigenvalue weighted by Gasteiger charge is 2.15. The Hall–Kier alpha value is -0.630. The lowest BCUT2D eigenvalue weighted by Crippen LogP contribution is -2.37. The van der Waals surface area contributed by atoms with Gasteiger partial charge >= 0.3 is 0 Å². The van der Waals surface area contributed by atoms with Crippen LogP contribution in [0.15, 0.2) is 0 Å². The number of rotatable bonds is 8. The van der Waals surface area contributed by atoms with Crippen LogP contribution in [0, 0.1) is 16.7 Å². The summed E-state index contributed by atoms with van der Waals surface area (Å²) in [5.74, 6) is 0. The first-order valence-corrected chi connectivity index (χ1v) is 5.30. The molecule has 4 heteroatoms. The Bertz CT molecular complexity index is 199. The summed E-state index contributed by atoms with van der Waals surface area (Å²) in [4.78, 5) is 0. The van der Waals surface area contributed by atoms with E-state index in [4.69, 9.17) is 15.1 Å². The van der Waals surface area contributed by atoms with E-state index in [9.17, 15) is 0 Å². The zero-order valence-corrected chi connectivity index (χ0v) is 9.92. The van der Waals surface area contributed by atoms with Gasteiger partial charge in [-0.05, 0) is 33.2 Å². The Morgan fingerprint density at radius 1 is 1.53 bits per heavy atom. The predicted octanol–water partition coefficient (Wildman–Crippen LogP) is 0.913. The molecular formula is C11H22N2O2. The minimum atomic E-state index is -0.252. The number of methoxy groups -OCH3 is 1. The Morgan fingerprint density at radius 2 is 2.20 bits per heavy atom. The maximum atomic E-state index is 8.97. The summed E-state index contributed by atoms with van der Waals surface area (Å²) in [6.07, 6.45) is 1.79. The van der Waals surface area contributed by atoms with Crippen LogP contribution < -0.4 is 5.32 Å². The summed E-state index contributed by atoms with van der Waals surface area (Å²) in [7, 11) is 1.61. The highest BCUT2D eigenvalue weighted by Crippen LogP contribution is 2.19. The maximum absolute atomic E-state index is 8.97. The first-order valence-electron chi connectivity index (χ1n) is 5.30. The van der Waals surface area contributed by atoms with Gasteiger partial charge in [-0.25, -0.2) is 0 Å². The number of aliphatic hydroxyl groups excluding tert-OH is 1. The molecule has 1 atom stereocenters. The predicted molar refractivity (Wildman–Crippen MR) is 59.4 cm³/mol. The van der Waals surface area contributed by atoms with Crippen LogP contribution in [0.25, 0.3) is 0 Å². The fraction of sp³-hybridized carbons (Fsp3) is 0.909. The third-order valence-electron chi connectivity index (χ3n) is 2.30. The Labute approximate surface area is 92.2 Å². The molecule has 0 heterocycles. The van der Waals surface area contributed by atoms with E-state index in [0.29, 0.717) is 6.61 Å². The average Bonchev–Trinajstić information content (AvgIpc) is 2.22. The molecule has 0 amide bonds. The molecule has 0 saturated carbocycles. The largest absolute Gasteiger partial charge is 0.395 e. The number of nitrogens with zero attached hydrogens (tertiary/aromatic N) is 1. The van der Waals surface area contributed by atoms with E-state index in [1.807, 2.05) is 13.8 Å². The van der Waals surface area contributed by atoms with Gasteiger partial charge in [0.2, 0.25) is 0 Å². The van der Waals surface area contributed by atoms with Gasteiger partial charge in [0.25, 0.3) is 0 Å². The standard InChI is InChI=1S/C11H22N2O2/c1-11(2,9-12)5-4-6-13-10(7-14)8-15-3/h10,13-14H,4-8H2,1-3H3. The van der Waals surface area contributed by atoms with E-state index in [1.54, 1.807) is 7.11 Å². The zero-order chi connectivity index (χ0) is 11.7. The molecule has 0 aliphatic carbocycles. The molecule has 0 radical (unpaired) electrons. The van der Waals surface area contributed by atoms with E-state index < -0.39 is 0 Å². The number of hydrogen-bond acceptors (Lipinski definition) is 4. The lowest BCUT2D eigenvalue weighted by atomic mass is 9.90. The van der Waals surface area contributed by atoms with Gasteiger partial charge in [0.05, 0.1) is 30.7 Å². The Morgan fingerprint density at radius 3 is 2.67 bits per heavy atom. The summed E-state index contributed by atoms with van der Waals surface area (Å²) in [6.45, 7) is 5.27. The average molecular weight is 214 g/mol. The normalized spacial score (nSPS) is 13.5. The highest BCUT2D eigenvalue weighted by molar-refractivity contribution is 4.91. The first kappa shape index (κ1) is 14.4. The minimum Gasteiger partial charge on any atom is -0.395 e. The number of aliphatic hydroxyl groups is 1.